The van der Waals surface area contributed by atoms with Crippen molar-refractivity contribution in [1.29, 1.82) is 0 Å². The van der Waals surface area contributed by atoms with E-state index in [1.807, 2.05) is 34.1 Å². The first-order valence-corrected chi connectivity index (χ1v) is 12.8. The second-order valence-electron chi connectivity index (χ2n) is 9.30. The predicted molar refractivity (Wildman–Crippen MR) is 132 cm³/mol. The summed E-state index contributed by atoms with van der Waals surface area (Å²) in [4.78, 5) is 41.1. The van der Waals surface area contributed by atoms with Gasteiger partial charge in [-0.2, -0.15) is 0 Å². The summed E-state index contributed by atoms with van der Waals surface area (Å²) in [5, 5.41) is 5.91. The molecular formula is C26H40N4O4. The van der Waals surface area contributed by atoms with Gasteiger partial charge in [0.15, 0.2) is 0 Å². The Balaban J connectivity index is 1.30. The summed E-state index contributed by atoms with van der Waals surface area (Å²) in [5.74, 6) is 1.05. The number of methoxy groups -OCH3 is 1. The van der Waals surface area contributed by atoms with E-state index in [1.54, 1.807) is 7.11 Å². The van der Waals surface area contributed by atoms with Crippen LogP contribution in [0.4, 0.5) is 4.79 Å². The van der Waals surface area contributed by atoms with Crippen molar-refractivity contribution in [3.8, 4) is 5.75 Å². The molecule has 0 unspecified atom stereocenters. The minimum Gasteiger partial charge on any atom is -0.497 e. The van der Waals surface area contributed by atoms with Crippen LogP contribution in [0.1, 0.15) is 63.4 Å². The largest absolute Gasteiger partial charge is 0.497 e. The molecule has 3 rings (SSSR count). The van der Waals surface area contributed by atoms with Crippen molar-refractivity contribution in [2.45, 2.75) is 70.3 Å². The van der Waals surface area contributed by atoms with E-state index in [9.17, 15) is 14.4 Å². The standard InChI is InChI=1S/C26H40N4O4/c1-34-23-13-10-21(11-14-23)12-15-25(32)30-18-6-17-29(19-20-30)24(31)9-5-16-27-26(33)28-22-7-3-2-4-8-22/h10-11,13-14,22H,2-9,12,15-20H2,1H3,(H2,27,28,33). The van der Waals surface area contributed by atoms with Crippen molar-refractivity contribution in [1.82, 2.24) is 20.4 Å². The van der Waals surface area contributed by atoms with Crippen LogP contribution >= 0.6 is 0 Å². The molecule has 1 aromatic carbocycles. The third kappa shape index (κ3) is 8.54. The van der Waals surface area contributed by atoms with E-state index in [2.05, 4.69) is 10.6 Å². The quantitative estimate of drug-likeness (QED) is 0.541. The van der Waals surface area contributed by atoms with Crippen LogP contribution in [0.25, 0.3) is 0 Å². The first-order valence-electron chi connectivity index (χ1n) is 12.8. The van der Waals surface area contributed by atoms with E-state index in [0.717, 1.165) is 30.6 Å². The summed E-state index contributed by atoms with van der Waals surface area (Å²) < 4.78 is 5.17. The fourth-order valence-corrected chi connectivity index (χ4v) is 4.70. The molecule has 2 fully saturated rings. The van der Waals surface area contributed by atoms with Crippen LogP contribution in [0.5, 0.6) is 5.75 Å². The van der Waals surface area contributed by atoms with Crippen molar-refractivity contribution in [3.05, 3.63) is 29.8 Å². The Hall–Kier alpha value is -2.77. The number of nitrogens with one attached hydrogen (secondary N) is 2. The predicted octanol–water partition coefficient (Wildman–Crippen LogP) is 3.10. The molecule has 0 bridgehead atoms. The zero-order chi connectivity index (χ0) is 24.2. The Morgan fingerprint density at radius 1 is 0.882 bits per heavy atom. The summed E-state index contributed by atoms with van der Waals surface area (Å²) >= 11 is 0. The Morgan fingerprint density at radius 2 is 1.53 bits per heavy atom. The molecule has 1 saturated carbocycles. The van der Waals surface area contributed by atoms with Crippen LogP contribution in [0, 0.1) is 0 Å². The van der Waals surface area contributed by atoms with Gasteiger partial charge in [0.05, 0.1) is 7.11 Å². The van der Waals surface area contributed by atoms with Gasteiger partial charge in [-0.3, -0.25) is 9.59 Å². The van der Waals surface area contributed by atoms with E-state index in [0.29, 0.717) is 58.4 Å². The number of carbonyl (C=O) groups is 3. The van der Waals surface area contributed by atoms with E-state index >= 15 is 0 Å². The highest BCUT2D eigenvalue weighted by Crippen LogP contribution is 2.17. The van der Waals surface area contributed by atoms with E-state index in [4.69, 9.17) is 4.74 Å². The number of benzene rings is 1. The summed E-state index contributed by atoms with van der Waals surface area (Å²) in [5.41, 5.74) is 1.11. The summed E-state index contributed by atoms with van der Waals surface area (Å²) in [6, 6.07) is 7.96. The minimum atomic E-state index is -0.127. The second-order valence-corrected chi connectivity index (χ2v) is 9.30. The van der Waals surface area contributed by atoms with Crippen molar-refractivity contribution in [3.63, 3.8) is 0 Å². The lowest BCUT2D eigenvalue weighted by Crippen LogP contribution is -2.43. The maximum atomic E-state index is 12.7. The highest BCUT2D eigenvalue weighted by Gasteiger charge is 2.22. The molecule has 1 aromatic rings. The van der Waals surface area contributed by atoms with Crippen LogP contribution in [-0.2, 0) is 16.0 Å². The molecule has 0 radical (unpaired) electrons. The zero-order valence-electron chi connectivity index (χ0n) is 20.5. The first kappa shape index (κ1) is 25.8. The second kappa shape index (κ2) is 13.8. The van der Waals surface area contributed by atoms with Gasteiger partial charge in [-0.1, -0.05) is 31.4 Å². The zero-order valence-corrected chi connectivity index (χ0v) is 20.5. The maximum absolute atomic E-state index is 12.7. The van der Waals surface area contributed by atoms with Gasteiger partial charge in [0.1, 0.15) is 5.75 Å². The molecule has 0 aromatic heterocycles. The molecule has 8 nitrogen and oxygen atoms in total. The number of urea groups is 1. The van der Waals surface area contributed by atoms with Gasteiger partial charge in [-0.05, 0) is 49.8 Å². The van der Waals surface area contributed by atoms with Gasteiger partial charge < -0.3 is 25.2 Å². The van der Waals surface area contributed by atoms with Crippen molar-refractivity contribution >= 4 is 17.8 Å². The Labute approximate surface area is 203 Å². The van der Waals surface area contributed by atoms with Crippen molar-refractivity contribution in [2.24, 2.45) is 0 Å². The molecular weight excluding hydrogens is 432 g/mol. The molecule has 8 heteroatoms. The normalized spacial score (nSPS) is 17.1. The lowest BCUT2D eigenvalue weighted by atomic mass is 9.96. The lowest BCUT2D eigenvalue weighted by molar-refractivity contribution is -0.133. The van der Waals surface area contributed by atoms with Crippen LogP contribution in [0.2, 0.25) is 0 Å². The molecule has 2 aliphatic rings. The number of rotatable bonds is 9. The van der Waals surface area contributed by atoms with E-state index < -0.39 is 0 Å². The van der Waals surface area contributed by atoms with Gasteiger partial charge >= 0.3 is 6.03 Å². The SMILES string of the molecule is COc1ccc(CCC(=O)N2CCCN(C(=O)CCCNC(=O)NC3CCCCC3)CC2)cc1. The summed E-state index contributed by atoms with van der Waals surface area (Å²) in [7, 11) is 1.64. The maximum Gasteiger partial charge on any atom is 0.315 e. The third-order valence-electron chi connectivity index (χ3n) is 6.78. The monoisotopic (exact) mass is 472 g/mol. The molecule has 2 N–H and O–H groups in total. The fraction of sp³-hybridized carbons (Fsp3) is 0.654. The average Bonchev–Trinajstić information content (AvgIpc) is 3.12. The number of aryl methyl sites for hydroxylation is 1. The van der Waals surface area contributed by atoms with E-state index in [1.165, 1.54) is 19.3 Å². The molecule has 1 heterocycles. The highest BCUT2D eigenvalue weighted by molar-refractivity contribution is 5.78. The summed E-state index contributed by atoms with van der Waals surface area (Å²) in [6.07, 6.45) is 8.73. The number of hydrogen-bond acceptors (Lipinski definition) is 4. The molecule has 188 valence electrons. The topological polar surface area (TPSA) is 91.0 Å². The van der Waals surface area contributed by atoms with Gasteiger partial charge in [-0.25, -0.2) is 4.79 Å². The fourth-order valence-electron chi connectivity index (χ4n) is 4.70. The van der Waals surface area contributed by atoms with Crippen LogP contribution in [0.15, 0.2) is 24.3 Å². The van der Waals surface area contributed by atoms with Crippen molar-refractivity contribution < 1.29 is 19.1 Å². The first-order chi connectivity index (χ1) is 16.5. The molecule has 1 aliphatic heterocycles. The minimum absolute atomic E-state index is 0.0991. The number of carbonyl (C=O) groups excluding carboxylic acids is 3. The highest BCUT2D eigenvalue weighted by atomic mass is 16.5. The number of nitrogens with zero attached hydrogens (tertiary/aromatic N) is 2. The number of amides is 4. The molecule has 4 amide bonds. The van der Waals surface area contributed by atoms with Gasteiger partial charge in [0.25, 0.3) is 0 Å². The van der Waals surface area contributed by atoms with Crippen LogP contribution < -0.4 is 15.4 Å². The molecule has 1 saturated heterocycles. The van der Waals surface area contributed by atoms with Gasteiger partial charge in [0, 0.05) is 51.6 Å². The van der Waals surface area contributed by atoms with Gasteiger partial charge in [-0.15, -0.1) is 0 Å². The number of ether oxygens (including phenoxy) is 1. The number of hydrogen-bond donors (Lipinski definition) is 2. The molecule has 0 atom stereocenters. The average molecular weight is 473 g/mol. The lowest BCUT2D eigenvalue weighted by Gasteiger charge is -2.23. The van der Waals surface area contributed by atoms with Crippen molar-refractivity contribution in [2.75, 3.05) is 39.8 Å². The van der Waals surface area contributed by atoms with E-state index in [-0.39, 0.29) is 23.9 Å². The van der Waals surface area contributed by atoms with Crippen LogP contribution in [0.3, 0.4) is 0 Å². The van der Waals surface area contributed by atoms with Gasteiger partial charge in [0.2, 0.25) is 11.8 Å². The smallest absolute Gasteiger partial charge is 0.315 e. The third-order valence-corrected chi connectivity index (χ3v) is 6.78. The molecule has 0 spiro atoms. The molecule has 1 aliphatic carbocycles. The molecule has 34 heavy (non-hydrogen) atoms. The Bertz CT molecular complexity index is 792. The Kier molecular flexibility index (Phi) is 10.5. The van der Waals surface area contributed by atoms with Crippen LogP contribution in [-0.4, -0.2) is 73.5 Å². The Morgan fingerprint density at radius 3 is 2.18 bits per heavy atom. The summed E-state index contributed by atoms with van der Waals surface area (Å²) in [6.45, 7) is 3.01.